The molecule has 0 aliphatic carbocycles. The van der Waals surface area contributed by atoms with Crippen molar-refractivity contribution in [3.8, 4) is 0 Å². The van der Waals surface area contributed by atoms with Gasteiger partial charge in [-0.3, -0.25) is 0 Å². The van der Waals surface area contributed by atoms with Crippen molar-refractivity contribution < 1.29 is 5.21 Å². The first-order valence-corrected chi connectivity index (χ1v) is 5.95. The maximum absolute atomic E-state index is 8.44. The lowest BCUT2D eigenvalue weighted by atomic mass is 9.98. The molecule has 88 valence electrons. The van der Waals surface area contributed by atoms with Crippen LogP contribution >= 0.6 is 0 Å². The zero-order valence-corrected chi connectivity index (χ0v) is 9.65. The lowest BCUT2D eigenvalue weighted by molar-refractivity contribution is 0.283. The van der Waals surface area contributed by atoms with Gasteiger partial charge >= 0.3 is 0 Å². The van der Waals surface area contributed by atoms with Crippen LogP contribution in [0.1, 0.15) is 39.0 Å². The molecule has 3 N–H and O–H groups in total. The summed E-state index contributed by atoms with van der Waals surface area (Å²) in [6, 6.07) is 0. The van der Waals surface area contributed by atoms with Crippen molar-refractivity contribution in [2.75, 3.05) is 19.6 Å². The Hall–Kier alpha value is -0.770. The summed E-state index contributed by atoms with van der Waals surface area (Å²) in [5.41, 5.74) is 5.46. The second-order valence-corrected chi connectivity index (χ2v) is 4.39. The molecule has 1 saturated heterocycles. The predicted molar refractivity (Wildman–Crippen MR) is 62.1 cm³/mol. The van der Waals surface area contributed by atoms with Crippen LogP contribution in [-0.4, -0.2) is 35.6 Å². The molecular formula is C11H23N3O. The molecule has 4 nitrogen and oxygen atoms in total. The van der Waals surface area contributed by atoms with Crippen molar-refractivity contribution in [2.45, 2.75) is 39.0 Å². The van der Waals surface area contributed by atoms with Crippen molar-refractivity contribution in [3.63, 3.8) is 0 Å². The molecule has 0 saturated carbocycles. The molecule has 0 bridgehead atoms. The number of rotatable bonds is 4. The number of nitrogens with zero attached hydrogens (tertiary/aromatic N) is 2. The Morgan fingerprint density at radius 3 is 2.93 bits per heavy atom. The van der Waals surface area contributed by atoms with E-state index < -0.39 is 0 Å². The summed E-state index contributed by atoms with van der Waals surface area (Å²) in [6.07, 6.45) is 5.92. The summed E-state index contributed by atoms with van der Waals surface area (Å²) < 4.78 is 0. The van der Waals surface area contributed by atoms with E-state index >= 15 is 0 Å². The third-order valence-corrected chi connectivity index (χ3v) is 3.33. The molecule has 15 heavy (non-hydrogen) atoms. The quantitative estimate of drug-likeness (QED) is 0.323. The number of oxime groups is 1. The van der Waals surface area contributed by atoms with Gasteiger partial charge in [-0.1, -0.05) is 18.5 Å². The van der Waals surface area contributed by atoms with Gasteiger partial charge in [0.25, 0.3) is 0 Å². The second kappa shape index (κ2) is 6.67. The second-order valence-electron chi connectivity index (χ2n) is 4.39. The SMILES string of the molecule is CCC1CCCN(CCC(N)=NO)CC1. The fraction of sp³-hybridized carbons (Fsp3) is 0.909. The number of hydrogen-bond acceptors (Lipinski definition) is 3. The van der Waals surface area contributed by atoms with Crippen LogP contribution in [0.25, 0.3) is 0 Å². The van der Waals surface area contributed by atoms with Gasteiger partial charge in [0, 0.05) is 13.0 Å². The van der Waals surface area contributed by atoms with E-state index in [0.29, 0.717) is 12.3 Å². The summed E-state index contributed by atoms with van der Waals surface area (Å²) in [5, 5.41) is 11.4. The molecule has 4 heteroatoms. The van der Waals surface area contributed by atoms with Crippen LogP contribution in [0.5, 0.6) is 0 Å². The van der Waals surface area contributed by atoms with E-state index in [1.807, 2.05) is 0 Å². The largest absolute Gasteiger partial charge is 0.409 e. The van der Waals surface area contributed by atoms with Gasteiger partial charge < -0.3 is 15.8 Å². The lowest BCUT2D eigenvalue weighted by Crippen LogP contribution is -2.29. The predicted octanol–water partition coefficient (Wildman–Crippen LogP) is 1.63. The molecule has 1 unspecified atom stereocenters. The Balaban J connectivity index is 2.25. The molecule has 1 fully saturated rings. The van der Waals surface area contributed by atoms with Crippen LogP contribution in [0.15, 0.2) is 5.16 Å². The van der Waals surface area contributed by atoms with Crippen LogP contribution in [0.2, 0.25) is 0 Å². The highest BCUT2D eigenvalue weighted by Crippen LogP contribution is 2.20. The van der Waals surface area contributed by atoms with Crippen molar-refractivity contribution in [1.29, 1.82) is 0 Å². The highest BCUT2D eigenvalue weighted by Gasteiger charge is 2.15. The Bertz CT molecular complexity index is 206. The maximum Gasteiger partial charge on any atom is 0.140 e. The molecule has 0 aromatic heterocycles. The Kier molecular flexibility index (Phi) is 5.47. The standard InChI is InChI=1S/C11H23N3O/c1-2-10-4-3-7-14(8-5-10)9-6-11(12)13-15/h10,15H,2-9H2,1H3,(H2,12,13). The zero-order chi connectivity index (χ0) is 11.1. The molecule has 0 radical (unpaired) electrons. The van der Waals surface area contributed by atoms with E-state index in [9.17, 15) is 0 Å². The molecule has 1 atom stereocenters. The van der Waals surface area contributed by atoms with E-state index in [1.165, 1.54) is 25.7 Å². The number of amidine groups is 1. The maximum atomic E-state index is 8.44. The first-order chi connectivity index (χ1) is 7.26. The third-order valence-electron chi connectivity index (χ3n) is 3.33. The molecular weight excluding hydrogens is 190 g/mol. The minimum atomic E-state index is 0.339. The van der Waals surface area contributed by atoms with Crippen LogP contribution in [0.4, 0.5) is 0 Å². The van der Waals surface area contributed by atoms with Gasteiger partial charge in [0.15, 0.2) is 0 Å². The molecule has 1 heterocycles. The highest BCUT2D eigenvalue weighted by atomic mass is 16.4. The van der Waals surface area contributed by atoms with Crippen molar-refractivity contribution >= 4 is 5.84 Å². The summed E-state index contributed by atoms with van der Waals surface area (Å²) in [6.45, 7) is 5.52. The monoisotopic (exact) mass is 213 g/mol. The molecule has 1 rings (SSSR count). The topological polar surface area (TPSA) is 61.8 Å². The normalized spacial score (nSPS) is 25.1. The van der Waals surface area contributed by atoms with Gasteiger partial charge in [-0.2, -0.15) is 0 Å². The molecule has 1 aliphatic heterocycles. The van der Waals surface area contributed by atoms with Crippen molar-refractivity contribution in [2.24, 2.45) is 16.8 Å². The summed E-state index contributed by atoms with van der Waals surface area (Å²) >= 11 is 0. The van der Waals surface area contributed by atoms with Crippen molar-refractivity contribution in [3.05, 3.63) is 0 Å². The van der Waals surface area contributed by atoms with Crippen molar-refractivity contribution in [1.82, 2.24) is 4.90 Å². The van der Waals surface area contributed by atoms with E-state index in [2.05, 4.69) is 17.0 Å². The summed E-state index contributed by atoms with van der Waals surface area (Å²) in [7, 11) is 0. The number of nitrogens with two attached hydrogens (primary N) is 1. The first-order valence-electron chi connectivity index (χ1n) is 5.95. The van der Waals surface area contributed by atoms with E-state index in [4.69, 9.17) is 10.9 Å². The molecule has 1 aliphatic rings. The van der Waals surface area contributed by atoms with Crippen LogP contribution in [0.3, 0.4) is 0 Å². The summed E-state index contributed by atoms with van der Waals surface area (Å²) in [5.74, 6) is 1.24. The fourth-order valence-corrected chi connectivity index (χ4v) is 2.18. The van der Waals surface area contributed by atoms with Gasteiger partial charge in [-0.05, 0) is 38.3 Å². The zero-order valence-electron chi connectivity index (χ0n) is 9.65. The fourth-order valence-electron chi connectivity index (χ4n) is 2.18. The van der Waals surface area contributed by atoms with Gasteiger partial charge in [-0.15, -0.1) is 0 Å². The van der Waals surface area contributed by atoms with Gasteiger partial charge in [0.1, 0.15) is 5.84 Å². The summed E-state index contributed by atoms with van der Waals surface area (Å²) in [4.78, 5) is 2.42. The average molecular weight is 213 g/mol. The van der Waals surface area contributed by atoms with Crippen LogP contribution in [-0.2, 0) is 0 Å². The highest BCUT2D eigenvalue weighted by molar-refractivity contribution is 5.79. The number of likely N-dealkylation sites (tertiary alicyclic amines) is 1. The van der Waals surface area contributed by atoms with Crippen LogP contribution < -0.4 is 5.73 Å². The average Bonchev–Trinajstić information content (AvgIpc) is 2.50. The van der Waals surface area contributed by atoms with E-state index in [1.54, 1.807) is 0 Å². The Labute approximate surface area is 92.1 Å². The minimum absolute atomic E-state index is 0.339. The lowest BCUT2D eigenvalue weighted by Gasteiger charge is -2.19. The Morgan fingerprint density at radius 2 is 2.27 bits per heavy atom. The molecule has 0 aromatic carbocycles. The third kappa shape index (κ3) is 4.51. The molecule has 0 amide bonds. The van der Waals surface area contributed by atoms with E-state index in [-0.39, 0.29) is 0 Å². The molecule has 0 spiro atoms. The van der Waals surface area contributed by atoms with Gasteiger partial charge in [-0.25, -0.2) is 0 Å². The molecule has 0 aromatic rings. The van der Waals surface area contributed by atoms with Crippen LogP contribution in [0, 0.1) is 5.92 Å². The van der Waals surface area contributed by atoms with Gasteiger partial charge in [0.2, 0.25) is 0 Å². The Morgan fingerprint density at radius 1 is 1.47 bits per heavy atom. The number of hydrogen-bond donors (Lipinski definition) is 2. The van der Waals surface area contributed by atoms with E-state index in [0.717, 1.165) is 25.6 Å². The minimum Gasteiger partial charge on any atom is -0.409 e. The first kappa shape index (κ1) is 12.3. The smallest absolute Gasteiger partial charge is 0.140 e. The van der Waals surface area contributed by atoms with Gasteiger partial charge in [0.05, 0.1) is 0 Å².